The average molecular weight is 222 g/mol. The molecule has 0 unspecified atom stereocenters. The number of carbonyl (C=O) groups is 2. The van der Waals surface area contributed by atoms with Crippen LogP contribution in [0.1, 0.15) is 30.6 Å². The normalized spacial score (nSPS) is 9.69. The van der Waals surface area contributed by atoms with Crippen molar-refractivity contribution >= 4 is 11.8 Å². The highest BCUT2D eigenvalue weighted by atomic mass is 16.6. The van der Waals surface area contributed by atoms with Crippen molar-refractivity contribution < 1.29 is 19.1 Å². The molecule has 0 heterocycles. The van der Waals surface area contributed by atoms with E-state index in [9.17, 15) is 9.59 Å². The summed E-state index contributed by atoms with van der Waals surface area (Å²) in [7, 11) is 1.46. The summed E-state index contributed by atoms with van der Waals surface area (Å²) in [6.45, 7) is 3.17. The number of hydrogen-bond acceptors (Lipinski definition) is 4. The molecule has 4 heteroatoms. The zero-order chi connectivity index (χ0) is 12.1. The van der Waals surface area contributed by atoms with Gasteiger partial charge in [-0.25, -0.2) is 0 Å². The lowest BCUT2D eigenvalue weighted by Gasteiger charge is -2.09. The van der Waals surface area contributed by atoms with E-state index in [1.807, 2.05) is 0 Å². The fourth-order valence-corrected chi connectivity index (χ4v) is 1.17. The summed E-state index contributed by atoms with van der Waals surface area (Å²) in [5.74, 6) is 0.314. The van der Waals surface area contributed by atoms with Gasteiger partial charge in [-0.15, -0.1) is 0 Å². The van der Waals surface area contributed by atoms with E-state index in [0.29, 0.717) is 17.1 Å². The van der Waals surface area contributed by atoms with Crippen LogP contribution in [0.2, 0.25) is 0 Å². The van der Waals surface area contributed by atoms with Crippen molar-refractivity contribution in [2.75, 3.05) is 7.11 Å². The monoisotopic (exact) mass is 222 g/mol. The lowest BCUT2D eigenvalue weighted by molar-refractivity contribution is -0.134. The van der Waals surface area contributed by atoms with E-state index in [1.54, 1.807) is 25.1 Å². The third-order valence-corrected chi connectivity index (χ3v) is 2.08. The Morgan fingerprint density at radius 2 is 1.94 bits per heavy atom. The van der Waals surface area contributed by atoms with Gasteiger partial charge in [0.1, 0.15) is 0 Å². The molecule has 1 aromatic rings. The third-order valence-electron chi connectivity index (χ3n) is 2.08. The summed E-state index contributed by atoms with van der Waals surface area (Å²) < 4.78 is 10.1. The molecule has 0 saturated heterocycles. The van der Waals surface area contributed by atoms with Crippen LogP contribution >= 0.6 is 0 Å². The maximum Gasteiger partial charge on any atom is 0.311 e. The van der Waals surface area contributed by atoms with E-state index >= 15 is 0 Å². The summed E-state index contributed by atoms with van der Waals surface area (Å²) in [6.07, 6.45) is 0.289. The SMILES string of the molecule is CCC(=O)Oc1ccc(C(C)=O)cc1OC. The highest BCUT2D eigenvalue weighted by Crippen LogP contribution is 2.28. The molecule has 0 bridgehead atoms. The topological polar surface area (TPSA) is 52.6 Å². The Balaban J connectivity index is 3.02. The van der Waals surface area contributed by atoms with Gasteiger partial charge < -0.3 is 9.47 Å². The maximum atomic E-state index is 11.1. The highest BCUT2D eigenvalue weighted by molar-refractivity contribution is 5.94. The summed E-state index contributed by atoms with van der Waals surface area (Å²) >= 11 is 0. The van der Waals surface area contributed by atoms with E-state index in [1.165, 1.54) is 14.0 Å². The Morgan fingerprint density at radius 3 is 2.44 bits per heavy atom. The number of rotatable bonds is 4. The van der Waals surface area contributed by atoms with Crippen LogP contribution in [0, 0.1) is 0 Å². The first-order valence-electron chi connectivity index (χ1n) is 4.98. The molecule has 0 radical (unpaired) electrons. The van der Waals surface area contributed by atoms with Gasteiger partial charge in [-0.3, -0.25) is 9.59 Å². The second-order valence-corrected chi connectivity index (χ2v) is 3.25. The molecule has 1 aromatic carbocycles. The minimum atomic E-state index is -0.339. The zero-order valence-electron chi connectivity index (χ0n) is 9.57. The number of carbonyl (C=O) groups excluding carboxylic acids is 2. The Morgan fingerprint density at radius 1 is 1.25 bits per heavy atom. The summed E-state index contributed by atoms with van der Waals surface area (Å²) in [6, 6.07) is 4.72. The standard InChI is InChI=1S/C12H14O4/c1-4-12(14)16-10-6-5-9(8(2)13)7-11(10)15-3/h5-7H,4H2,1-3H3. The third kappa shape index (κ3) is 2.82. The van der Waals surface area contributed by atoms with Crippen LogP contribution in [0.25, 0.3) is 0 Å². The predicted octanol–water partition coefficient (Wildman–Crippen LogP) is 2.21. The lowest BCUT2D eigenvalue weighted by atomic mass is 10.1. The molecule has 0 aliphatic carbocycles. The predicted molar refractivity (Wildman–Crippen MR) is 58.9 cm³/mol. The Labute approximate surface area is 94.2 Å². The molecule has 0 aliphatic rings. The van der Waals surface area contributed by atoms with E-state index in [0.717, 1.165) is 0 Å². The van der Waals surface area contributed by atoms with Gasteiger partial charge in [0, 0.05) is 12.0 Å². The van der Waals surface area contributed by atoms with Crippen LogP contribution in [0.4, 0.5) is 0 Å². The molecule has 0 aromatic heterocycles. The number of Topliss-reactive ketones (excluding diaryl/α,β-unsaturated/α-hetero) is 1. The number of ketones is 1. The van der Waals surface area contributed by atoms with Crippen LogP contribution < -0.4 is 9.47 Å². The second kappa shape index (κ2) is 5.30. The molecule has 0 amide bonds. The van der Waals surface area contributed by atoms with Crippen molar-refractivity contribution in [3.05, 3.63) is 23.8 Å². The number of benzene rings is 1. The molecule has 0 N–H and O–H groups in total. The van der Waals surface area contributed by atoms with Crippen molar-refractivity contribution in [3.8, 4) is 11.5 Å². The quantitative estimate of drug-likeness (QED) is 0.445. The van der Waals surface area contributed by atoms with Gasteiger partial charge >= 0.3 is 5.97 Å². The van der Waals surface area contributed by atoms with Crippen LogP contribution in [0.5, 0.6) is 11.5 Å². The summed E-state index contributed by atoms with van der Waals surface area (Å²) in [5.41, 5.74) is 0.521. The molecule has 0 aliphatic heterocycles. The van der Waals surface area contributed by atoms with E-state index in [-0.39, 0.29) is 18.2 Å². The minimum absolute atomic E-state index is 0.0633. The van der Waals surface area contributed by atoms with Crippen LogP contribution in [0.3, 0.4) is 0 Å². The maximum absolute atomic E-state index is 11.1. The molecule has 0 spiro atoms. The number of esters is 1. The summed E-state index contributed by atoms with van der Waals surface area (Å²) in [4.78, 5) is 22.3. The van der Waals surface area contributed by atoms with Gasteiger partial charge in [0.25, 0.3) is 0 Å². The average Bonchev–Trinajstić information content (AvgIpc) is 2.29. The van der Waals surface area contributed by atoms with Crippen molar-refractivity contribution in [1.29, 1.82) is 0 Å². The van der Waals surface area contributed by atoms with Gasteiger partial charge in [-0.1, -0.05) is 6.92 Å². The van der Waals surface area contributed by atoms with Crippen molar-refractivity contribution in [2.24, 2.45) is 0 Å². The number of ether oxygens (including phenoxy) is 2. The smallest absolute Gasteiger partial charge is 0.311 e. The van der Waals surface area contributed by atoms with E-state index in [2.05, 4.69) is 0 Å². The molecule has 0 atom stereocenters. The molecule has 1 rings (SSSR count). The van der Waals surface area contributed by atoms with Crippen molar-refractivity contribution in [2.45, 2.75) is 20.3 Å². The summed E-state index contributed by atoms with van der Waals surface area (Å²) in [5, 5.41) is 0. The lowest BCUT2D eigenvalue weighted by Crippen LogP contribution is -2.07. The van der Waals surface area contributed by atoms with Gasteiger partial charge in [0.15, 0.2) is 17.3 Å². The van der Waals surface area contributed by atoms with Gasteiger partial charge in [-0.05, 0) is 25.1 Å². The first kappa shape index (κ1) is 12.2. The van der Waals surface area contributed by atoms with Gasteiger partial charge in [0.2, 0.25) is 0 Å². The fraction of sp³-hybridized carbons (Fsp3) is 0.333. The minimum Gasteiger partial charge on any atom is -0.493 e. The first-order chi connectivity index (χ1) is 7.58. The fourth-order valence-electron chi connectivity index (χ4n) is 1.17. The van der Waals surface area contributed by atoms with E-state index in [4.69, 9.17) is 9.47 Å². The molecule has 16 heavy (non-hydrogen) atoms. The Kier molecular flexibility index (Phi) is 4.05. The number of methoxy groups -OCH3 is 1. The molecular weight excluding hydrogens is 208 g/mol. The van der Waals surface area contributed by atoms with Crippen LogP contribution in [-0.2, 0) is 4.79 Å². The molecule has 0 fully saturated rings. The molecule has 4 nitrogen and oxygen atoms in total. The molecule has 86 valence electrons. The van der Waals surface area contributed by atoms with Crippen LogP contribution in [0.15, 0.2) is 18.2 Å². The highest BCUT2D eigenvalue weighted by Gasteiger charge is 2.10. The first-order valence-corrected chi connectivity index (χ1v) is 4.98. The van der Waals surface area contributed by atoms with E-state index < -0.39 is 0 Å². The molecule has 0 saturated carbocycles. The molecular formula is C12H14O4. The van der Waals surface area contributed by atoms with Gasteiger partial charge in [0.05, 0.1) is 7.11 Å². The number of hydrogen-bond donors (Lipinski definition) is 0. The van der Waals surface area contributed by atoms with Crippen molar-refractivity contribution in [3.63, 3.8) is 0 Å². The largest absolute Gasteiger partial charge is 0.493 e. The second-order valence-electron chi connectivity index (χ2n) is 3.25. The zero-order valence-corrected chi connectivity index (χ0v) is 9.57. The van der Waals surface area contributed by atoms with Gasteiger partial charge in [-0.2, -0.15) is 0 Å². The van der Waals surface area contributed by atoms with Crippen LogP contribution in [-0.4, -0.2) is 18.9 Å². The Hall–Kier alpha value is -1.84. The van der Waals surface area contributed by atoms with Crippen molar-refractivity contribution in [1.82, 2.24) is 0 Å². The Bertz CT molecular complexity index is 409.